The molecule has 1 aromatic rings. The van der Waals surface area contributed by atoms with Gasteiger partial charge in [0.15, 0.2) is 0 Å². The van der Waals surface area contributed by atoms with Gasteiger partial charge in [-0.25, -0.2) is 9.97 Å². The molecule has 0 aliphatic carbocycles. The molecule has 2 N–H and O–H groups in total. The van der Waals surface area contributed by atoms with E-state index in [9.17, 15) is 0 Å². The Morgan fingerprint density at radius 1 is 1.38 bits per heavy atom. The summed E-state index contributed by atoms with van der Waals surface area (Å²) in [5, 5.41) is 6.53. The van der Waals surface area contributed by atoms with Crippen molar-refractivity contribution in [2.75, 3.05) is 18.4 Å². The fourth-order valence-electron chi connectivity index (χ4n) is 1.33. The minimum absolute atomic E-state index is 0. The first-order valence-corrected chi connectivity index (χ1v) is 4.19. The molecule has 1 saturated heterocycles. The van der Waals surface area contributed by atoms with E-state index >= 15 is 0 Å². The van der Waals surface area contributed by atoms with Crippen molar-refractivity contribution >= 4 is 18.4 Å². The van der Waals surface area contributed by atoms with Gasteiger partial charge in [-0.05, 0) is 19.0 Å². The average molecular weight is 201 g/mol. The third-order valence-electron chi connectivity index (χ3n) is 1.96. The zero-order valence-corrected chi connectivity index (χ0v) is 8.05. The van der Waals surface area contributed by atoms with E-state index in [2.05, 4.69) is 20.6 Å². The van der Waals surface area contributed by atoms with Crippen LogP contribution in [0, 0.1) is 0 Å². The quantitative estimate of drug-likeness (QED) is 0.737. The minimum atomic E-state index is 0. The predicted molar refractivity (Wildman–Crippen MR) is 54.2 cm³/mol. The zero-order chi connectivity index (χ0) is 8.23. The van der Waals surface area contributed by atoms with Crippen LogP contribution in [0.1, 0.15) is 6.42 Å². The highest BCUT2D eigenvalue weighted by molar-refractivity contribution is 5.85. The average Bonchev–Trinajstić information content (AvgIpc) is 2.59. The minimum Gasteiger partial charge on any atom is -0.350 e. The van der Waals surface area contributed by atoms with Gasteiger partial charge < -0.3 is 10.6 Å². The second-order valence-corrected chi connectivity index (χ2v) is 2.91. The SMILES string of the molecule is Cl.c1cnc(N[C@@H]2CCNC2)nc1. The lowest BCUT2D eigenvalue weighted by molar-refractivity contribution is 0.780. The summed E-state index contributed by atoms with van der Waals surface area (Å²) in [5.41, 5.74) is 0. The largest absolute Gasteiger partial charge is 0.350 e. The summed E-state index contributed by atoms with van der Waals surface area (Å²) in [6.07, 6.45) is 4.65. The van der Waals surface area contributed by atoms with Crippen molar-refractivity contribution in [3.8, 4) is 0 Å². The molecule has 0 amide bonds. The summed E-state index contributed by atoms with van der Waals surface area (Å²) in [5.74, 6) is 0.728. The topological polar surface area (TPSA) is 49.8 Å². The van der Waals surface area contributed by atoms with Crippen LogP contribution in [-0.4, -0.2) is 29.1 Å². The first kappa shape index (κ1) is 10.2. The van der Waals surface area contributed by atoms with Crippen molar-refractivity contribution in [3.63, 3.8) is 0 Å². The van der Waals surface area contributed by atoms with Crippen LogP contribution in [0.5, 0.6) is 0 Å². The van der Waals surface area contributed by atoms with Gasteiger partial charge in [0, 0.05) is 25.0 Å². The van der Waals surface area contributed by atoms with E-state index in [1.165, 1.54) is 0 Å². The molecule has 2 heterocycles. The first-order chi connectivity index (χ1) is 5.95. The zero-order valence-electron chi connectivity index (χ0n) is 7.23. The van der Waals surface area contributed by atoms with Crippen molar-refractivity contribution in [2.24, 2.45) is 0 Å². The van der Waals surface area contributed by atoms with Gasteiger partial charge in [-0.3, -0.25) is 0 Å². The van der Waals surface area contributed by atoms with Gasteiger partial charge >= 0.3 is 0 Å². The van der Waals surface area contributed by atoms with Crippen LogP contribution >= 0.6 is 12.4 Å². The lowest BCUT2D eigenvalue weighted by atomic mass is 10.3. The molecule has 72 valence electrons. The molecule has 0 spiro atoms. The number of hydrogen-bond acceptors (Lipinski definition) is 4. The molecule has 1 aliphatic rings. The van der Waals surface area contributed by atoms with Crippen molar-refractivity contribution in [1.82, 2.24) is 15.3 Å². The van der Waals surface area contributed by atoms with E-state index in [1.807, 2.05) is 6.07 Å². The maximum absolute atomic E-state index is 4.09. The second-order valence-electron chi connectivity index (χ2n) is 2.91. The Balaban J connectivity index is 0.000000845. The molecule has 4 nitrogen and oxygen atoms in total. The molecule has 0 bridgehead atoms. The van der Waals surface area contributed by atoms with Gasteiger partial charge in [0.1, 0.15) is 0 Å². The van der Waals surface area contributed by atoms with Crippen LogP contribution in [-0.2, 0) is 0 Å². The van der Waals surface area contributed by atoms with E-state index in [0.29, 0.717) is 6.04 Å². The molecule has 0 unspecified atom stereocenters. The molecule has 0 saturated carbocycles. The molecule has 1 aliphatic heterocycles. The summed E-state index contributed by atoms with van der Waals surface area (Å²) in [4.78, 5) is 8.18. The molecule has 2 rings (SSSR count). The molecule has 1 aromatic heterocycles. The summed E-state index contributed by atoms with van der Waals surface area (Å²) in [6.45, 7) is 2.10. The highest BCUT2D eigenvalue weighted by atomic mass is 35.5. The van der Waals surface area contributed by atoms with Crippen LogP contribution in [0.25, 0.3) is 0 Å². The number of rotatable bonds is 2. The molecule has 13 heavy (non-hydrogen) atoms. The maximum Gasteiger partial charge on any atom is 0.222 e. The van der Waals surface area contributed by atoms with Gasteiger partial charge in [0.05, 0.1) is 0 Å². The van der Waals surface area contributed by atoms with E-state index in [1.54, 1.807) is 12.4 Å². The Morgan fingerprint density at radius 3 is 2.77 bits per heavy atom. The molecular formula is C8H13ClN4. The lowest BCUT2D eigenvalue weighted by Crippen LogP contribution is -2.23. The lowest BCUT2D eigenvalue weighted by Gasteiger charge is -2.09. The number of anilines is 1. The highest BCUT2D eigenvalue weighted by Crippen LogP contribution is 2.04. The van der Waals surface area contributed by atoms with Crippen LogP contribution in [0.15, 0.2) is 18.5 Å². The maximum atomic E-state index is 4.09. The molecule has 1 atom stereocenters. The molecule has 0 aromatic carbocycles. The Kier molecular flexibility index (Phi) is 3.92. The Bertz CT molecular complexity index is 235. The fourth-order valence-corrected chi connectivity index (χ4v) is 1.33. The number of nitrogens with one attached hydrogen (secondary N) is 2. The highest BCUT2D eigenvalue weighted by Gasteiger charge is 2.14. The summed E-state index contributed by atoms with van der Waals surface area (Å²) >= 11 is 0. The summed E-state index contributed by atoms with van der Waals surface area (Å²) < 4.78 is 0. The monoisotopic (exact) mass is 200 g/mol. The number of hydrogen-bond donors (Lipinski definition) is 2. The van der Waals surface area contributed by atoms with Gasteiger partial charge in [-0.2, -0.15) is 0 Å². The van der Waals surface area contributed by atoms with E-state index in [0.717, 1.165) is 25.5 Å². The second kappa shape index (κ2) is 4.99. The van der Waals surface area contributed by atoms with Gasteiger partial charge in [-0.1, -0.05) is 0 Å². The van der Waals surface area contributed by atoms with Crippen molar-refractivity contribution in [1.29, 1.82) is 0 Å². The third-order valence-corrected chi connectivity index (χ3v) is 1.96. The van der Waals surface area contributed by atoms with Crippen molar-refractivity contribution < 1.29 is 0 Å². The normalized spacial score (nSPS) is 20.8. The Hall–Kier alpha value is -0.870. The molecule has 0 radical (unpaired) electrons. The predicted octanol–water partition coefficient (Wildman–Crippen LogP) is 0.672. The Morgan fingerprint density at radius 2 is 2.15 bits per heavy atom. The van der Waals surface area contributed by atoms with E-state index in [4.69, 9.17) is 0 Å². The Labute approximate surface area is 83.6 Å². The number of nitrogens with zero attached hydrogens (tertiary/aromatic N) is 2. The van der Waals surface area contributed by atoms with E-state index in [-0.39, 0.29) is 12.4 Å². The first-order valence-electron chi connectivity index (χ1n) is 4.19. The van der Waals surface area contributed by atoms with Gasteiger partial charge in [0.25, 0.3) is 0 Å². The standard InChI is InChI=1S/C8H12N4.ClH/c1-3-10-8(11-4-1)12-7-2-5-9-6-7;/h1,3-4,7,9H,2,5-6H2,(H,10,11,12);1H/t7-;/m1./s1. The molecular weight excluding hydrogens is 188 g/mol. The smallest absolute Gasteiger partial charge is 0.222 e. The van der Waals surface area contributed by atoms with Crippen LogP contribution < -0.4 is 10.6 Å². The third kappa shape index (κ3) is 2.82. The van der Waals surface area contributed by atoms with Crippen molar-refractivity contribution in [2.45, 2.75) is 12.5 Å². The van der Waals surface area contributed by atoms with Crippen LogP contribution in [0.3, 0.4) is 0 Å². The molecule has 1 fully saturated rings. The molecule has 5 heteroatoms. The van der Waals surface area contributed by atoms with Gasteiger partial charge in [0.2, 0.25) is 5.95 Å². The summed E-state index contributed by atoms with van der Waals surface area (Å²) in [6, 6.07) is 2.31. The van der Waals surface area contributed by atoms with Crippen molar-refractivity contribution in [3.05, 3.63) is 18.5 Å². The number of aromatic nitrogens is 2. The van der Waals surface area contributed by atoms with Crippen LogP contribution in [0.2, 0.25) is 0 Å². The summed E-state index contributed by atoms with van der Waals surface area (Å²) in [7, 11) is 0. The fraction of sp³-hybridized carbons (Fsp3) is 0.500. The number of halogens is 1. The van der Waals surface area contributed by atoms with E-state index < -0.39 is 0 Å². The van der Waals surface area contributed by atoms with Crippen LogP contribution in [0.4, 0.5) is 5.95 Å². The van der Waals surface area contributed by atoms with Gasteiger partial charge in [-0.15, -0.1) is 12.4 Å².